The summed E-state index contributed by atoms with van der Waals surface area (Å²) in [6.45, 7) is 0.103. The molecule has 2 aliphatic rings. The van der Waals surface area contributed by atoms with Gasteiger partial charge in [0.25, 0.3) is 11.8 Å². The molecule has 4 rings (SSSR count). The molecule has 0 bridgehead atoms. The first-order valence-corrected chi connectivity index (χ1v) is 9.62. The Kier molecular flexibility index (Phi) is 4.79. The van der Waals surface area contributed by atoms with E-state index in [9.17, 15) is 9.59 Å². The molecule has 0 saturated carbocycles. The number of hydrogen-bond donors (Lipinski definition) is 2. The number of carbonyl (C=O) groups is 2. The van der Waals surface area contributed by atoms with E-state index in [0.717, 1.165) is 12.8 Å². The monoisotopic (exact) mass is 372 g/mol. The summed E-state index contributed by atoms with van der Waals surface area (Å²) in [5, 5.41) is 0. The summed E-state index contributed by atoms with van der Waals surface area (Å²) in [5.41, 5.74) is 6.19. The van der Waals surface area contributed by atoms with Crippen molar-refractivity contribution < 1.29 is 19.1 Å². The molecule has 0 saturated heterocycles. The van der Waals surface area contributed by atoms with Gasteiger partial charge in [-0.2, -0.15) is 0 Å². The van der Waals surface area contributed by atoms with Gasteiger partial charge in [-0.3, -0.25) is 20.4 Å². The molecule has 136 valence electrons. The van der Waals surface area contributed by atoms with Crippen LogP contribution in [0.1, 0.15) is 39.4 Å². The highest BCUT2D eigenvalue weighted by Crippen LogP contribution is 2.31. The van der Waals surface area contributed by atoms with Gasteiger partial charge in [-0.1, -0.05) is 18.6 Å². The first-order valence-electron chi connectivity index (χ1n) is 8.81. The Hall–Kier alpha value is -2.54. The van der Waals surface area contributed by atoms with Crippen LogP contribution in [-0.2, 0) is 17.6 Å². The number of benzene rings is 1. The zero-order valence-corrected chi connectivity index (χ0v) is 15.1. The SMILES string of the molecule is O=C(NNC(=O)[C@H]1COc2ccccc2O1)c1cc2c(s1)CCCCC2. The van der Waals surface area contributed by atoms with Gasteiger partial charge in [0.15, 0.2) is 11.5 Å². The Balaban J connectivity index is 1.34. The van der Waals surface area contributed by atoms with Crippen molar-refractivity contribution in [2.45, 2.75) is 38.2 Å². The molecule has 6 nitrogen and oxygen atoms in total. The molecule has 1 aliphatic heterocycles. The highest BCUT2D eigenvalue weighted by atomic mass is 32.1. The fourth-order valence-corrected chi connectivity index (χ4v) is 4.34. The first-order chi connectivity index (χ1) is 12.7. The number of hydrazine groups is 1. The summed E-state index contributed by atoms with van der Waals surface area (Å²) in [7, 11) is 0. The molecule has 2 N–H and O–H groups in total. The largest absolute Gasteiger partial charge is 0.485 e. The van der Waals surface area contributed by atoms with Crippen LogP contribution in [0.2, 0.25) is 0 Å². The molecule has 1 atom stereocenters. The molecule has 2 heterocycles. The minimum absolute atomic E-state index is 0.103. The molecule has 2 aromatic rings. The van der Waals surface area contributed by atoms with Crippen LogP contribution in [-0.4, -0.2) is 24.5 Å². The standard InChI is InChI=1S/C19H20N2O4S/c22-18(15-11-24-13-7-4-5-8-14(13)25-15)20-21-19(23)17-10-12-6-2-1-3-9-16(12)26-17/h4-5,7-8,10,15H,1-3,6,9,11H2,(H,20,22)(H,21,23)/t15-/m1/s1. The third-order valence-corrected chi connectivity index (χ3v) is 5.81. The Labute approximate surface area is 155 Å². The van der Waals surface area contributed by atoms with E-state index < -0.39 is 12.0 Å². The summed E-state index contributed by atoms with van der Waals surface area (Å²) in [6, 6.07) is 9.12. The van der Waals surface area contributed by atoms with Crippen molar-refractivity contribution in [3.8, 4) is 11.5 Å². The molecule has 1 aromatic heterocycles. The number of para-hydroxylation sites is 2. The number of ether oxygens (including phenoxy) is 2. The summed E-state index contributed by atoms with van der Waals surface area (Å²) >= 11 is 1.52. The van der Waals surface area contributed by atoms with Crippen LogP contribution < -0.4 is 20.3 Å². The molecule has 1 aromatic carbocycles. The maximum absolute atomic E-state index is 12.3. The maximum atomic E-state index is 12.3. The van der Waals surface area contributed by atoms with E-state index in [1.54, 1.807) is 12.1 Å². The van der Waals surface area contributed by atoms with E-state index in [2.05, 4.69) is 10.9 Å². The Morgan fingerprint density at radius 1 is 1.04 bits per heavy atom. The lowest BCUT2D eigenvalue weighted by molar-refractivity contribution is -0.131. The predicted octanol–water partition coefficient (Wildman–Crippen LogP) is 2.62. The van der Waals surface area contributed by atoms with Gasteiger partial charge < -0.3 is 9.47 Å². The lowest BCUT2D eigenvalue weighted by atomic mass is 10.1. The van der Waals surface area contributed by atoms with Gasteiger partial charge in [-0.25, -0.2) is 0 Å². The van der Waals surface area contributed by atoms with Crippen molar-refractivity contribution in [2.24, 2.45) is 0 Å². The fourth-order valence-electron chi connectivity index (χ4n) is 3.19. The van der Waals surface area contributed by atoms with Crippen molar-refractivity contribution >= 4 is 23.2 Å². The molecule has 2 amide bonds. The van der Waals surface area contributed by atoms with E-state index in [-0.39, 0.29) is 12.5 Å². The number of rotatable bonds is 2. The zero-order chi connectivity index (χ0) is 17.9. The highest BCUT2D eigenvalue weighted by molar-refractivity contribution is 7.14. The Bertz CT molecular complexity index is 809. The van der Waals surface area contributed by atoms with Crippen molar-refractivity contribution in [1.82, 2.24) is 10.9 Å². The summed E-state index contributed by atoms with van der Waals surface area (Å²) in [5.74, 6) is 0.396. The number of amides is 2. The molecular weight excluding hydrogens is 352 g/mol. The van der Waals surface area contributed by atoms with E-state index >= 15 is 0 Å². The van der Waals surface area contributed by atoms with E-state index in [1.807, 2.05) is 18.2 Å². The van der Waals surface area contributed by atoms with Crippen LogP contribution in [0.4, 0.5) is 0 Å². The molecule has 0 fully saturated rings. The van der Waals surface area contributed by atoms with Gasteiger partial charge in [0.2, 0.25) is 6.10 Å². The van der Waals surface area contributed by atoms with E-state index in [0.29, 0.717) is 16.4 Å². The summed E-state index contributed by atoms with van der Waals surface area (Å²) in [6.07, 6.45) is 4.84. The number of thiophene rings is 1. The van der Waals surface area contributed by atoms with Crippen LogP contribution in [0, 0.1) is 0 Å². The highest BCUT2D eigenvalue weighted by Gasteiger charge is 2.27. The van der Waals surface area contributed by atoms with E-state index in [4.69, 9.17) is 9.47 Å². The van der Waals surface area contributed by atoms with Crippen LogP contribution >= 0.6 is 11.3 Å². The Morgan fingerprint density at radius 3 is 2.73 bits per heavy atom. The second-order valence-corrected chi connectivity index (χ2v) is 7.56. The zero-order valence-electron chi connectivity index (χ0n) is 14.2. The number of carbonyl (C=O) groups excluding carboxylic acids is 2. The summed E-state index contributed by atoms with van der Waals surface area (Å²) < 4.78 is 11.1. The van der Waals surface area contributed by atoms with Crippen molar-refractivity contribution in [1.29, 1.82) is 0 Å². The lowest BCUT2D eigenvalue weighted by Gasteiger charge is -2.25. The average molecular weight is 372 g/mol. The van der Waals surface area contributed by atoms with Gasteiger partial charge in [-0.15, -0.1) is 11.3 Å². The number of fused-ring (bicyclic) bond motifs is 2. The Morgan fingerprint density at radius 2 is 1.85 bits per heavy atom. The molecule has 0 spiro atoms. The van der Waals surface area contributed by atoms with Crippen LogP contribution in [0.15, 0.2) is 30.3 Å². The topological polar surface area (TPSA) is 76.7 Å². The normalized spacial score (nSPS) is 18.4. The molecule has 26 heavy (non-hydrogen) atoms. The minimum Gasteiger partial charge on any atom is -0.485 e. The third kappa shape index (κ3) is 3.53. The predicted molar refractivity (Wildman–Crippen MR) is 97.5 cm³/mol. The van der Waals surface area contributed by atoms with Crippen molar-refractivity contribution in [2.75, 3.05) is 6.61 Å². The second kappa shape index (κ2) is 7.37. The quantitative estimate of drug-likeness (QED) is 0.628. The van der Waals surface area contributed by atoms with Crippen LogP contribution in [0.25, 0.3) is 0 Å². The number of nitrogens with one attached hydrogen (secondary N) is 2. The molecule has 0 radical (unpaired) electrons. The van der Waals surface area contributed by atoms with Gasteiger partial charge in [0, 0.05) is 4.88 Å². The van der Waals surface area contributed by atoms with E-state index in [1.165, 1.54) is 41.0 Å². The first kappa shape index (κ1) is 16.9. The second-order valence-electron chi connectivity index (χ2n) is 6.43. The van der Waals surface area contributed by atoms with Gasteiger partial charge in [0.05, 0.1) is 4.88 Å². The van der Waals surface area contributed by atoms with Gasteiger partial charge in [0.1, 0.15) is 6.61 Å². The van der Waals surface area contributed by atoms with Crippen molar-refractivity contribution in [3.05, 3.63) is 45.6 Å². The van der Waals surface area contributed by atoms with Crippen LogP contribution in [0.5, 0.6) is 11.5 Å². The minimum atomic E-state index is -0.801. The van der Waals surface area contributed by atoms with Crippen LogP contribution in [0.3, 0.4) is 0 Å². The summed E-state index contributed by atoms with van der Waals surface area (Å²) in [4.78, 5) is 26.5. The fraction of sp³-hybridized carbons (Fsp3) is 0.368. The molecular formula is C19H20N2O4S. The maximum Gasteiger partial charge on any atom is 0.283 e. The third-order valence-electron chi connectivity index (χ3n) is 4.57. The number of aryl methyl sites for hydroxylation is 2. The van der Waals surface area contributed by atoms with Crippen molar-refractivity contribution in [3.63, 3.8) is 0 Å². The number of hydrogen-bond acceptors (Lipinski definition) is 5. The van der Waals surface area contributed by atoms with Gasteiger partial charge >= 0.3 is 0 Å². The molecule has 1 aliphatic carbocycles. The smallest absolute Gasteiger partial charge is 0.283 e. The molecule has 0 unspecified atom stereocenters. The van der Waals surface area contributed by atoms with Gasteiger partial charge in [-0.05, 0) is 49.4 Å². The lowest BCUT2D eigenvalue weighted by Crippen LogP contribution is -2.50. The molecule has 7 heteroatoms. The average Bonchev–Trinajstić information content (AvgIpc) is 2.96.